The molecule has 0 aromatic heterocycles. The van der Waals surface area contributed by atoms with E-state index in [0.717, 1.165) is 10.4 Å². The topological polar surface area (TPSA) is 83.5 Å². The van der Waals surface area contributed by atoms with Crippen LogP contribution in [0.25, 0.3) is 0 Å². The van der Waals surface area contributed by atoms with Crippen molar-refractivity contribution >= 4 is 38.9 Å². The Labute approximate surface area is 261 Å². The lowest BCUT2D eigenvalue weighted by Crippen LogP contribution is -2.69. The van der Waals surface area contributed by atoms with Crippen molar-refractivity contribution in [3.05, 3.63) is 60.7 Å². The van der Waals surface area contributed by atoms with Crippen molar-refractivity contribution in [3.63, 3.8) is 0 Å². The molecule has 0 aliphatic heterocycles. The lowest BCUT2D eigenvalue weighted by molar-refractivity contribution is -0.171. The number of nitrogens with zero attached hydrogens (tertiary/aromatic N) is 1. The minimum atomic E-state index is -3.16. The molecule has 0 saturated heterocycles. The van der Waals surface area contributed by atoms with Crippen LogP contribution in [0.3, 0.4) is 0 Å². The summed E-state index contributed by atoms with van der Waals surface area (Å²) in [5, 5.41) is 2.78. The van der Waals surface area contributed by atoms with E-state index in [1.54, 1.807) is 14.2 Å². The highest BCUT2D eigenvalue weighted by Gasteiger charge is 2.54. The zero-order valence-electron chi connectivity index (χ0n) is 28.2. The molecule has 2 aromatic carbocycles. The lowest BCUT2D eigenvalue weighted by Gasteiger charge is -2.46. The van der Waals surface area contributed by atoms with Gasteiger partial charge in [-0.1, -0.05) is 102 Å². The molecular formula is C33H53NO7Si2. The number of ether oxygens (including phenoxy) is 2. The molecule has 0 aliphatic carbocycles. The third-order valence-electron chi connectivity index (χ3n) is 8.58. The largest absolute Gasteiger partial charge is 0.467 e. The van der Waals surface area contributed by atoms with E-state index in [9.17, 15) is 9.59 Å². The predicted molar refractivity (Wildman–Crippen MR) is 176 cm³/mol. The van der Waals surface area contributed by atoms with E-state index in [0.29, 0.717) is 0 Å². The van der Waals surface area contributed by atoms with Crippen molar-refractivity contribution in [2.24, 2.45) is 0 Å². The van der Waals surface area contributed by atoms with E-state index in [4.69, 9.17) is 23.2 Å². The van der Waals surface area contributed by atoms with E-state index >= 15 is 0 Å². The highest BCUT2D eigenvalue weighted by molar-refractivity contribution is 6.99. The van der Waals surface area contributed by atoms with Crippen LogP contribution in [0.5, 0.6) is 0 Å². The first-order valence-corrected chi connectivity index (χ1v) is 19.6. The van der Waals surface area contributed by atoms with Crippen LogP contribution in [-0.4, -0.2) is 80.3 Å². The van der Waals surface area contributed by atoms with Gasteiger partial charge in [0, 0.05) is 20.6 Å². The number of amides is 1. The van der Waals surface area contributed by atoms with Crippen molar-refractivity contribution in [2.75, 3.05) is 28.4 Å². The molecule has 2 aromatic rings. The summed E-state index contributed by atoms with van der Waals surface area (Å²) in [5.74, 6) is -0.769. The van der Waals surface area contributed by atoms with E-state index in [1.807, 2.05) is 36.4 Å². The lowest BCUT2D eigenvalue weighted by atomic mass is 10.0. The SMILES string of the molecule is COC(=O)[C@@H](O[Si](c1ccccc1)(c1ccccc1)C(C)(C)C)[C@@H](C[C@@H](CC(=O)N(C)OC)O[Si](C)(C)C(C)(C)C)OC. The summed E-state index contributed by atoms with van der Waals surface area (Å²) in [6.07, 6.45) is -2.09. The van der Waals surface area contributed by atoms with Gasteiger partial charge in [-0.25, -0.2) is 9.86 Å². The van der Waals surface area contributed by atoms with Gasteiger partial charge in [-0.05, 0) is 33.5 Å². The highest BCUT2D eigenvalue weighted by atomic mass is 28.4. The molecule has 8 nitrogen and oxygen atoms in total. The van der Waals surface area contributed by atoms with Crippen LogP contribution >= 0.6 is 0 Å². The Morgan fingerprint density at radius 3 is 1.65 bits per heavy atom. The molecule has 0 heterocycles. The summed E-state index contributed by atoms with van der Waals surface area (Å²) in [6, 6.07) is 20.2. The fourth-order valence-corrected chi connectivity index (χ4v) is 11.1. The second-order valence-corrected chi connectivity index (χ2v) is 22.5. The van der Waals surface area contributed by atoms with Gasteiger partial charge in [0.2, 0.25) is 5.91 Å². The van der Waals surface area contributed by atoms with Gasteiger partial charge >= 0.3 is 5.97 Å². The van der Waals surface area contributed by atoms with Crippen molar-refractivity contribution in [1.82, 2.24) is 5.06 Å². The number of methoxy groups -OCH3 is 2. The first kappa shape index (κ1) is 36.8. The van der Waals surface area contributed by atoms with Crippen molar-refractivity contribution in [1.29, 1.82) is 0 Å². The molecule has 2 rings (SSSR count). The van der Waals surface area contributed by atoms with Crippen molar-refractivity contribution in [2.45, 2.75) is 95.9 Å². The van der Waals surface area contributed by atoms with Crippen molar-refractivity contribution in [3.8, 4) is 0 Å². The number of benzene rings is 2. The average molecular weight is 632 g/mol. The fourth-order valence-electron chi connectivity index (χ4n) is 5.07. The number of rotatable bonds is 14. The van der Waals surface area contributed by atoms with Crippen LogP contribution in [0, 0.1) is 0 Å². The number of hydrogen-bond donors (Lipinski definition) is 0. The number of carbonyl (C=O) groups is 2. The molecule has 0 fully saturated rings. The summed E-state index contributed by atoms with van der Waals surface area (Å²) >= 11 is 0. The molecule has 0 unspecified atom stereocenters. The molecule has 3 atom stereocenters. The molecule has 1 amide bonds. The monoisotopic (exact) mass is 631 g/mol. The zero-order valence-corrected chi connectivity index (χ0v) is 30.2. The zero-order chi connectivity index (χ0) is 32.6. The molecule has 0 radical (unpaired) electrons. The first-order chi connectivity index (χ1) is 19.9. The van der Waals surface area contributed by atoms with E-state index in [-0.39, 0.29) is 28.8 Å². The Hall–Kier alpha value is -2.35. The number of hydroxylamine groups is 2. The molecule has 10 heteroatoms. The minimum absolute atomic E-state index is 0.0593. The van der Waals surface area contributed by atoms with Gasteiger partial charge in [0.15, 0.2) is 14.4 Å². The minimum Gasteiger partial charge on any atom is -0.467 e. The number of hydrogen-bond acceptors (Lipinski definition) is 7. The fraction of sp³-hybridized carbons (Fsp3) is 0.576. The van der Waals surface area contributed by atoms with Crippen LogP contribution in [0.1, 0.15) is 54.4 Å². The summed E-state index contributed by atoms with van der Waals surface area (Å²) in [5.41, 5.74) is 0. The molecule has 43 heavy (non-hydrogen) atoms. The smallest absolute Gasteiger partial charge is 0.336 e. The van der Waals surface area contributed by atoms with Crippen LogP contribution in [-0.2, 0) is 32.8 Å². The van der Waals surface area contributed by atoms with Crippen LogP contribution in [0.4, 0.5) is 0 Å². The first-order valence-electron chi connectivity index (χ1n) is 14.8. The average Bonchev–Trinajstić information content (AvgIpc) is 2.95. The maximum atomic E-state index is 13.7. The summed E-state index contributed by atoms with van der Waals surface area (Å²) in [6.45, 7) is 17.2. The van der Waals surface area contributed by atoms with Gasteiger partial charge in [-0.2, -0.15) is 0 Å². The van der Waals surface area contributed by atoms with Gasteiger partial charge < -0.3 is 18.3 Å². The molecule has 0 saturated carbocycles. The Balaban J connectivity index is 2.68. The molecular weight excluding hydrogens is 579 g/mol. The molecule has 0 bridgehead atoms. The van der Waals surface area contributed by atoms with E-state index in [1.165, 1.54) is 19.3 Å². The van der Waals surface area contributed by atoms with Crippen molar-refractivity contribution < 1.29 is 32.8 Å². The third kappa shape index (κ3) is 8.86. The Bertz CT molecular complexity index is 1120. The Morgan fingerprint density at radius 2 is 1.28 bits per heavy atom. The molecule has 0 N–H and O–H groups in total. The summed E-state index contributed by atoms with van der Waals surface area (Å²) in [7, 11) is 0.448. The number of carbonyl (C=O) groups excluding carboxylic acids is 2. The Morgan fingerprint density at radius 1 is 0.791 bits per heavy atom. The van der Waals surface area contributed by atoms with Gasteiger partial charge in [0.05, 0.1) is 32.8 Å². The molecule has 240 valence electrons. The van der Waals surface area contributed by atoms with Gasteiger partial charge in [0.1, 0.15) is 0 Å². The van der Waals surface area contributed by atoms with Gasteiger partial charge in [0.25, 0.3) is 8.32 Å². The summed E-state index contributed by atoms with van der Waals surface area (Å²) in [4.78, 5) is 31.9. The van der Waals surface area contributed by atoms with Crippen LogP contribution < -0.4 is 10.4 Å². The quantitative estimate of drug-likeness (QED) is 0.159. The number of esters is 1. The molecule has 0 spiro atoms. The van der Waals surface area contributed by atoms with Crippen LogP contribution in [0.2, 0.25) is 23.2 Å². The predicted octanol–water partition coefficient (Wildman–Crippen LogP) is 5.31. The third-order valence-corrected chi connectivity index (χ3v) is 18.1. The normalized spacial score (nSPS) is 15.0. The molecule has 0 aliphatic rings. The maximum Gasteiger partial charge on any atom is 0.336 e. The van der Waals surface area contributed by atoms with E-state index < -0.39 is 40.9 Å². The van der Waals surface area contributed by atoms with Gasteiger partial charge in [-0.15, -0.1) is 0 Å². The standard InChI is InChI=1S/C33H53NO7Si2/c1-32(2,3)42(11,12)40-25(24-29(35)34(7)39-10)23-28(37-8)30(31(36)38-9)41-43(33(4,5)6,26-19-15-13-16-20-26)27-21-17-14-18-22-27/h13-22,25,28,30H,23-24H2,1-12H3/t25-,28+,30-/m0/s1. The van der Waals surface area contributed by atoms with E-state index in [2.05, 4.69) is 78.9 Å². The Kier molecular flexibility index (Phi) is 12.9. The highest BCUT2D eigenvalue weighted by Crippen LogP contribution is 2.40. The maximum absolute atomic E-state index is 13.7. The van der Waals surface area contributed by atoms with Gasteiger partial charge in [-0.3, -0.25) is 9.63 Å². The summed E-state index contributed by atoms with van der Waals surface area (Å²) < 4.78 is 25.4. The van der Waals surface area contributed by atoms with Crippen LogP contribution in [0.15, 0.2) is 60.7 Å². The second-order valence-electron chi connectivity index (χ2n) is 13.5. The second kappa shape index (κ2) is 15.1.